The summed E-state index contributed by atoms with van der Waals surface area (Å²) in [5.74, 6) is -2.66. The Kier molecular flexibility index (Phi) is 5.07. The zero-order valence-corrected chi connectivity index (χ0v) is 13.6. The van der Waals surface area contributed by atoms with Crippen LogP contribution in [-0.4, -0.2) is 47.0 Å². The quantitative estimate of drug-likeness (QED) is 0.841. The van der Waals surface area contributed by atoms with Crippen LogP contribution in [0.4, 0.5) is 19.1 Å². The molecule has 1 aromatic heterocycles. The number of hydrogen-bond acceptors (Lipinski definition) is 6. The number of halogens is 3. The fourth-order valence-electron chi connectivity index (χ4n) is 3.38. The molecule has 0 aliphatic carbocycles. The van der Waals surface area contributed by atoms with Crippen LogP contribution in [-0.2, 0) is 16.0 Å². The van der Waals surface area contributed by atoms with Gasteiger partial charge in [-0.3, -0.25) is 4.79 Å². The van der Waals surface area contributed by atoms with E-state index in [-0.39, 0.29) is 31.3 Å². The summed E-state index contributed by atoms with van der Waals surface area (Å²) in [6.07, 6.45) is -3.05. The Morgan fingerprint density at radius 3 is 2.64 bits per heavy atom. The fourth-order valence-corrected chi connectivity index (χ4v) is 3.38. The van der Waals surface area contributed by atoms with Crippen LogP contribution in [0.3, 0.4) is 0 Å². The number of nitrogens with zero attached hydrogens (tertiary/aromatic N) is 3. The van der Waals surface area contributed by atoms with Crippen LogP contribution in [0.15, 0.2) is 0 Å². The zero-order valence-electron chi connectivity index (χ0n) is 13.6. The van der Waals surface area contributed by atoms with Crippen LogP contribution in [0.25, 0.3) is 0 Å². The first-order valence-electron chi connectivity index (χ1n) is 8.25. The molecule has 0 radical (unpaired) electrons. The third-order valence-corrected chi connectivity index (χ3v) is 4.78. The van der Waals surface area contributed by atoms with Gasteiger partial charge < -0.3 is 15.8 Å². The van der Waals surface area contributed by atoms with Gasteiger partial charge in [0.1, 0.15) is 0 Å². The van der Waals surface area contributed by atoms with E-state index in [0.717, 1.165) is 12.8 Å². The summed E-state index contributed by atoms with van der Waals surface area (Å²) in [5.41, 5.74) is 6.70. The van der Waals surface area contributed by atoms with Crippen molar-refractivity contribution >= 4 is 11.9 Å². The number of nitrogens with one attached hydrogen (secondary N) is 1. The number of hydrogen-bond donors (Lipinski definition) is 2. The lowest BCUT2D eigenvalue weighted by molar-refractivity contribution is -0.183. The zero-order chi connectivity index (χ0) is 18.0. The van der Waals surface area contributed by atoms with E-state index in [1.807, 2.05) is 0 Å². The summed E-state index contributed by atoms with van der Waals surface area (Å²) in [5, 5.41) is 10.1. The highest BCUT2D eigenvalue weighted by Crippen LogP contribution is 2.35. The van der Waals surface area contributed by atoms with Gasteiger partial charge in [-0.25, -0.2) is 4.98 Å². The predicted octanol–water partition coefficient (Wildman–Crippen LogP) is 1.20. The number of carbonyl (C=O) groups is 1. The smallest absolute Gasteiger partial charge is 0.381 e. The van der Waals surface area contributed by atoms with E-state index in [2.05, 4.69) is 20.5 Å². The Balaban J connectivity index is 1.80. The number of rotatable bonds is 3. The summed E-state index contributed by atoms with van der Waals surface area (Å²) in [6, 6.07) is 0. The van der Waals surface area contributed by atoms with E-state index in [4.69, 9.17) is 10.5 Å². The van der Waals surface area contributed by atoms with Crippen molar-refractivity contribution in [2.45, 2.75) is 37.8 Å². The van der Waals surface area contributed by atoms with Gasteiger partial charge in [0.05, 0.1) is 17.3 Å². The molecule has 3 heterocycles. The number of nitrogen functional groups attached to an aromatic ring is 1. The largest absolute Gasteiger partial charge is 0.393 e. The SMILES string of the molecule is Nc1nnc(C[C@H]2C[C@@H](C(F)(F)F)CNC2=O)c(C2CCOCC2)n1. The van der Waals surface area contributed by atoms with Gasteiger partial charge >= 0.3 is 6.18 Å². The molecule has 2 atom stereocenters. The topological polar surface area (TPSA) is 103 Å². The molecule has 7 nitrogen and oxygen atoms in total. The van der Waals surface area contributed by atoms with Crippen molar-refractivity contribution < 1.29 is 22.7 Å². The molecule has 25 heavy (non-hydrogen) atoms. The van der Waals surface area contributed by atoms with Crippen molar-refractivity contribution in [3.05, 3.63) is 11.4 Å². The molecule has 1 aromatic rings. The Bertz CT molecular complexity index is 634. The molecule has 0 saturated carbocycles. The molecule has 0 unspecified atom stereocenters. The minimum atomic E-state index is -4.33. The fraction of sp³-hybridized carbons (Fsp3) is 0.733. The highest BCUT2D eigenvalue weighted by molar-refractivity contribution is 5.79. The van der Waals surface area contributed by atoms with Gasteiger partial charge in [0.15, 0.2) is 0 Å². The maximum Gasteiger partial charge on any atom is 0.393 e. The molecular weight excluding hydrogens is 339 g/mol. The van der Waals surface area contributed by atoms with Crippen LogP contribution < -0.4 is 11.1 Å². The van der Waals surface area contributed by atoms with Crippen molar-refractivity contribution in [3.63, 3.8) is 0 Å². The summed E-state index contributed by atoms with van der Waals surface area (Å²) < 4.78 is 44.3. The average Bonchev–Trinajstić information content (AvgIpc) is 2.58. The van der Waals surface area contributed by atoms with Crippen LogP contribution >= 0.6 is 0 Å². The number of aromatic nitrogens is 3. The van der Waals surface area contributed by atoms with Crippen molar-refractivity contribution in [1.82, 2.24) is 20.5 Å². The molecule has 138 valence electrons. The van der Waals surface area contributed by atoms with Crippen molar-refractivity contribution in [1.29, 1.82) is 0 Å². The number of piperidine rings is 1. The first-order chi connectivity index (χ1) is 11.8. The predicted molar refractivity (Wildman–Crippen MR) is 81.4 cm³/mol. The van der Waals surface area contributed by atoms with Crippen molar-refractivity contribution in [2.24, 2.45) is 11.8 Å². The van der Waals surface area contributed by atoms with E-state index in [9.17, 15) is 18.0 Å². The number of anilines is 1. The summed E-state index contributed by atoms with van der Waals surface area (Å²) in [7, 11) is 0. The molecule has 2 aliphatic heterocycles. The number of nitrogens with two attached hydrogens (primary N) is 1. The highest BCUT2D eigenvalue weighted by atomic mass is 19.4. The molecule has 2 fully saturated rings. The molecule has 2 aliphatic rings. The van der Waals surface area contributed by atoms with Gasteiger partial charge in [0, 0.05) is 38.0 Å². The Hall–Kier alpha value is -1.97. The maximum atomic E-state index is 13.0. The number of ether oxygens (including phenoxy) is 1. The highest BCUT2D eigenvalue weighted by Gasteiger charge is 2.45. The Morgan fingerprint density at radius 2 is 1.96 bits per heavy atom. The van der Waals surface area contributed by atoms with Crippen molar-refractivity contribution in [3.8, 4) is 0 Å². The number of carbonyl (C=O) groups excluding carboxylic acids is 1. The maximum absolute atomic E-state index is 13.0. The summed E-state index contributed by atoms with van der Waals surface area (Å²) >= 11 is 0. The Labute approximate surface area is 142 Å². The van der Waals surface area contributed by atoms with Crippen LogP contribution in [0.5, 0.6) is 0 Å². The molecule has 0 aromatic carbocycles. The summed E-state index contributed by atoms with van der Waals surface area (Å²) in [4.78, 5) is 16.3. The van der Waals surface area contributed by atoms with Gasteiger partial charge in [-0.15, -0.1) is 10.2 Å². The Morgan fingerprint density at radius 1 is 1.24 bits per heavy atom. The van der Waals surface area contributed by atoms with Crippen molar-refractivity contribution in [2.75, 3.05) is 25.5 Å². The minimum absolute atomic E-state index is 0.0199. The van der Waals surface area contributed by atoms with E-state index in [0.29, 0.717) is 24.6 Å². The molecule has 3 N–H and O–H groups in total. The molecule has 1 amide bonds. The van der Waals surface area contributed by atoms with Crippen LogP contribution in [0, 0.1) is 11.8 Å². The minimum Gasteiger partial charge on any atom is -0.381 e. The second kappa shape index (κ2) is 7.11. The molecule has 2 saturated heterocycles. The van der Waals surface area contributed by atoms with Crippen LogP contribution in [0.2, 0.25) is 0 Å². The number of alkyl halides is 3. The normalized spacial score (nSPS) is 25.6. The van der Waals surface area contributed by atoms with Gasteiger partial charge in [-0.05, 0) is 19.3 Å². The van der Waals surface area contributed by atoms with Gasteiger partial charge in [-0.1, -0.05) is 0 Å². The average molecular weight is 359 g/mol. The molecule has 3 rings (SSSR count). The van der Waals surface area contributed by atoms with Gasteiger partial charge in [0.25, 0.3) is 0 Å². The molecule has 10 heteroatoms. The lowest BCUT2D eigenvalue weighted by Crippen LogP contribution is -2.47. The molecular formula is C15H20F3N5O2. The third-order valence-electron chi connectivity index (χ3n) is 4.78. The number of amides is 1. The first-order valence-corrected chi connectivity index (χ1v) is 8.25. The van der Waals surface area contributed by atoms with E-state index >= 15 is 0 Å². The summed E-state index contributed by atoms with van der Waals surface area (Å²) in [6.45, 7) is 0.777. The first kappa shape index (κ1) is 17.8. The molecule has 0 spiro atoms. The van der Waals surface area contributed by atoms with E-state index < -0.39 is 23.9 Å². The third kappa shape index (κ3) is 4.17. The van der Waals surface area contributed by atoms with E-state index in [1.54, 1.807) is 0 Å². The standard InChI is InChI=1S/C15H20F3N5O2/c16-15(17,18)10-5-9(13(24)20-7-10)6-11-12(21-14(19)23-22-11)8-1-3-25-4-2-8/h8-10H,1-7H2,(H,20,24)(H2,19,21,23)/t9-,10-/m1/s1. The monoisotopic (exact) mass is 359 g/mol. The second-order valence-corrected chi connectivity index (χ2v) is 6.51. The second-order valence-electron chi connectivity index (χ2n) is 6.51. The van der Waals surface area contributed by atoms with Gasteiger partial charge in [0.2, 0.25) is 11.9 Å². The lowest BCUT2D eigenvalue weighted by Gasteiger charge is -2.31. The molecule has 0 bridgehead atoms. The van der Waals surface area contributed by atoms with E-state index in [1.165, 1.54) is 0 Å². The van der Waals surface area contributed by atoms with Gasteiger partial charge in [-0.2, -0.15) is 13.2 Å². The lowest BCUT2D eigenvalue weighted by atomic mass is 9.84. The van der Waals surface area contributed by atoms with Crippen LogP contribution in [0.1, 0.15) is 36.6 Å².